The van der Waals surface area contributed by atoms with E-state index in [1.165, 1.54) is 12.8 Å². The van der Waals surface area contributed by atoms with E-state index in [2.05, 4.69) is 10.2 Å². The second kappa shape index (κ2) is 7.19. The normalized spacial score (nSPS) is 16.6. The van der Waals surface area contributed by atoms with Gasteiger partial charge in [0.25, 0.3) is 0 Å². The summed E-state index contributed by atoms with van der Waals surface area (Å²) < 4.78 is 0. The monoisotopic (exact) mass is 290 g/mol. The second-order valence-electron chi connectivity index (χ2n) is 5.45. The molecule has 1 aromatic rings. The highest BCUT2D eigenvalue weighted by Gasteiger charge is 2.16. The Hall–Kier alpha value is -1.92. The highest BCUT2D eigenvalue weighted by molar-refractivity contribution is 5.97. The van der Waals surface area contributed by atoms with E-state index in [1.807, 2.05) is 24.3 Å². The Morgan fingerprint density at radius 1 is 1.29 bits per heavy atom. The number of carbonyl (C=O) groups is 2. The lowest BCUT2D eigenvalue weighted by atomic mass is 10.1. The number of nitrogens with two attached hydrogens (primary N) is 2. The highest BCUT2D eigenvalue weighted by Crippen LogP contribution is 2.16. The quantitative estimate of drug-likeness (QED) is 0.707. The Morgan fingerprint density at radius 3 is 2.67 bits per heavy atom. The van der Waals surface area contributed by atoms with Gasteiger partial charge in [-0.3, -0.25) is 14.5 Å². The van der Waals surface area contributed by atoms with Gasteiger partial charge in [0.15, 0.2) is 0 Å². The highest BCUT2D eigenvalue weighted by atomic mass is 16.2. The van der Waals surface area contributed by atoms with Crippen molar-refractivity contribution in [3.8, 4) is 0 Å². The molecule has 0 aromatic heterocycles. The molecular weight excluding hydrogens is 268 g/mol. The van der Waals surface area contributed by atoms with Gasteiger partial charge in [-0.1, -0.05) is 12.1 Å². The van der Waals surface area contributed by atoms with Crippen LogP contribution >= 0.6 is 0 Å². The standard InChI is InChI=1S/C15H22N4O2/c16-13(9-14(17)20)15(21)18-12-5-3-4-11(8-12)10-19-6-1-2-7-19/h3-5,8,13H,1-2,6-7,9-10,16H2,(H2,17,20)(H,18,21). The predicted octanol–water partition coefficient (Wildman–Crippen LogP) is 0.424. The number of anilines is 1. The Bertz CT molecular complexity index is 512. The number of amides is 2. The van der Waals surface area contributed by atoms with Gasteiger partial charge < -0.3 is 16.8 Å². The average Bonchev–Trinajstić information content (AvgIpc) is 2.91. The minimum absolute atomic E-state index is 0.153. The maximum absolute atomic E-state index is 11.8. The van der Waals surface area contributed by atoms with E-state index in [-0.39, 0.29) is 6.42 Å². The van der Waals surface area contributed by atoms with Crippen LogP contribution in [0.15, 0.2) is 24.3 Å². The minimum atomic E-state index is -0.912. The van der Waals surface area contributed by atoms with Crippen LogP contribution in [0.5, 0.6) is 0 Å². The second-order valence-corrected chi connectivity index (χ2v) is 5.45. The number of likely N-dealkylation sites (tertiary alicyclic amines) is 1. The molecule has 1 aliphatic rings. The smallest absolute Gasteiger partial charge is 0.241 e. The van der Waals surface area contributed by atoms with Gasteiger partial charge in [0, 0.05) is 12.2 Å². The molecule has 0 radical (unpaired) electrons. The Balaban J connectivity index is 1.93. The van der Waals surface area contributed by atoms with Crippen LogP contribution in [0.1, 0.15) is 24.8 Å². The third kappa shape index (κ3) is 4.84. The van der Waals surface area contributed by atoms with Gasteiger partial charge >= 0.3 is 0 Å². The first-order valence-corrected chi connectivity index (χ1v) is 7.20. The van der Waals surface area contributed by atoms with Gasteiger partial charge in [-0.25, -0.2) is 0 Å². The molecule has 1 fully saturated rings. The van der Waals surface area contributed by atoms with Crippen LogP contribution in [0.3, 0.4) is 0 Å². The molecule has 1 aromatic carbocycles. The molecule has 1 heterocycles. The SMILES string of the molecule is NC(=O)CC(N)C(=O)Nc1cccc(CN2CCCC2)c1. The van der Waals surface area contributed by atoms with E-state index < -0.39 is 17.9 Å². The summed E-state index contributed by atoms with van der Waals surface area (Å²) in [7, 11) is 0. The van der Waals surface area contributed by atoms with E-state index in [0.29, 0.717) is 5.69 Å². The first-order chi connectivity index (χ1) is 10.0. The molecule has 5 N–H and O–H groups in total. The van der Waals surface area contributed by atoms with Crippen molar-refractivity contribution in [1.29, 1.82) is 0 Å². The largest absolute Gasteiger partial charge is 0.370 e. The van der Waals surface area contributed by atoms with Gasteiger partial charge in [-0.05, 0) is 43.6 Å². The maximum atomic E-state index is 11.8. The van der Waals surface area contributed by atoms with Crippen LogP contribution in [-0.2, 0) is 16.1 Å². The van der Waals surface area contributed by atoms with Gasteiger partial charge in [0.1, 0.15) is 0 Å². The molecule has 2 amide bonds. The molecule has 0 aliphatic carbocycles. The summed E-state index contributed by atoms with van der Waals surface area (Å²) >= 11 is 0. The molecule has 114 valence electrons. The van der Waals surface area contributed by atoms with Crippen LogP contribution in [0.25, 0.3) is 0 Å². The maximum Gasteiger partial charge on any atom is 0.241 e. The van der Waals surface area contributed by atoms with Crippen LogP contribution in [0, 0.1) is 0 Å². The van der Waals surface area contributed by atoms with Crippen LogP contribution in [0.4, 0.5) is 5.69 Å². The third-order valence-electron chi connectivity index (χ3n) is 3.56. The van der Waals surface area contributed by atoms with Crippen molar-refractivity contribution >= 4 is 17.5 Å². The zero-order chi connectivity index (χ0) is 15.2. The van der Waals surface area contributed by atoms with E-state index in [9.17, 15) is 9.59 Å². The Labute approximate surface area is 124 Å². The molecule has 1 atom stereocenters. The zero-order valence-electron chi connectivity index (χ0n) is 12.0. The Kier molecular flexibility index (Phi) is 5.30. The lowest BCUT2D eigenvalue weighted by Crippen LogP contribution is -2.39. The molecule has 0 bridgehead atoms. The minimum Gasteiger partial charge on any atom is -0.370 e. The first-order valence-electron chi connectivity index (χ1n) is 7.20. The van der Waals surface area contributed by atoms with Gasteiger partial charge in [0.05, 0.1) is 12.5 Å². The lowest BCUT2D eigenvalue weighted by molar-refractivity contribution is -0.123. The number of nitrogens with zero attached hydrogens (tertiary/aromatic N) is 1. The van der Waals surface area contributed by atoms with Crippen molar-refractivity contribution in [1.82, 2.24) is 4.90 Å². The van der Waals surface area contributed by atoms with E-state index >= 15 is 0 Å². The summed E-state index contributed by atoms with van der Waals surface area (Å²) in [4.78, 5) is 25.0. The number of benzene rings is 1. The fourth-order valence-electron chi connectivity index (χ4n) is 2.49. The topological polar surface area (TPSA) is 101 Å². The third-order valence-corrected chi connectivity index (χ3v) is 3.56. The fraction of sp³-hybridized carbons (Fsp3) is 0.467. The van der Waals surface area contributed by atoms with Crippen molar-refractivity contribution in [3.63, 3.8) is 0 Å². The molecule has 21 heavy (non-hydrogen) atoms. The molecule has 6 nitrogen and oxygen atoms in total. The first kappa shape index (κ1) is 15.5. The van der Waals surface area contributed by atoms with Gasteiger partial charge in [-0.2, -0.15) is 0 Å². The lowest BCUT2D eigenvalue weighted by Gasteiger charge is -2.16. The summed E-state index contributed by atoms with van der Waals surface area (Å²) in [5, 5.41) is 2.72. The van der Waals surface area contributed by atoms with E-state index in [1.54, 1.807) is 0 Å². The van der Waals surface area contributed by atoms with E-state index in [4.69, 9.17) is 11.5 Å². The number of hydrogen-bond donors (Lipinski definition) is 3. The van der Waals surface area contributed by atoms with Crippen LogP contribution < -0.4 is 16.8 Å². The predicted molar refractivity (Wildman–Crippen MR) is 81.4 cm³/mol. The van der Waals surface area contributed by atoms with Crippen molar-refractivity contribution in [2.75, 3.05) is 18.4 Å². The number of rotatable bonds is 6. The average molecular weight is 290 g/mol. The van der Waals surface area contributed by atoms with Crippen molar-refractivity contribution < 1.29 is 9.59 Å². The molecule has 2 rings (SSSR count). The summed E-state index contributed by atoms with van der Waals surface area (Å²) in [5.41, 5.74) is 12.5. The van der Waals surface area contributed by atoms with Crippen molar-refractivity contribution in [2.24, 2.45) is 11.5 Å². The Morgan fingerprint density at radius 2 is 2.00 bits per heavy atom. The van der Waals surface area contributed by atoms with Gasteiger partial charge in [-0.15, -0.1) is 0 Å². The molecular formula is C15H22N4O2. The van der Waals surface area contributed by atoms with E-state index in [0.717, 1.165) is 25.2 Å². The fourth-order valence-corrected chi connectivity index (χ4v) is 2.49. The molecule has 0 saturated carbocycles. The summed E-state index contributed by atoms with van der Waals surface area (Å²) in [6.07, 6.45) is 2.34. The van der Waals surface area contributed by atoms with Gasteiger partial charge in [0.2, 0.25) is 11.8 Å². The molecule has 1 saturated heterocycles. The summed E-state index contributed by atoms with van der Waals surface area (Å²) in [6.45, 7) is 3.14. The molecule has 6 heteroatoms. The number of primary amides is 1. The summed E-state index contributed by atoms with van der Waals surface area (Å²) in [5.74, 6) is -0.979. The number of carbonyl (C=O) groups excluding carboxylic acids is 2. The number of nitrogens with one attached hydrogen (secondary N) is 1. The molecule has 1 unspecified atom stereocenters. The van der Waals surface area contributed by atoms with Crippen molar-refractivity contribution in [2.45, 2.75) is 31.8 Å². The zero-order valence-corrected chi connectivity index (χ0v) is 12.0. The molecule has 0 spiro atoms. The van der Waals surface area contributed by atoms with Crippen LogP contribution in [-0.4, -0.2) is 35.8 Å². The van der Waals surface area contributed by atoms with Crippen LogP contribution in [0.2, 0.25) is 0 Å². The van der Waals surface area contributed by atoms with Crippen molar-refractivity contribution in [3.05, 3.63) is 29.8 Å². The summed E-state index contributed by atoms with van der Waals surface area (Å²) in [6, 6.07) is 6.78. The molecule has 1 aliphatic heterocycles. The number of hydrogen-bond acceptors (Lipinski definition) is 4.